The highest BCUT2D eigenvalue weighted by Gasteiger charge is 2.38. The Hall–Kier alpha value is -2.35. The molecule has 0 spiro atoms. The molecular formula is C18H22N2O3. The van der Waals surface area contributed by atoms with Crippen LogP contribution in [-0.4, -0.2) is 36.0 Å². The van der Waals surface area contributed by atoms with E-state index in [1.165, 1.54) is 4.90 Å². The highest BCUT2D eigenvalue weighted by Crippen LogP contribution is 2.32. The number of carbonyl (C=O) groups excluding carboxylic acids is 2. The first kappa shape index (κ1) is 17.0. The lowest BCUT2D eigenvalue weighted by Gasteiger charge is -2.38. The fraction of sp³-hybridized carbons (Fsp3) is 0.500. The molecule has 122 valence electrons. The lowest BCUT2D eigenvalue weighted by molar-refractivity contribution is -0.153. The van der Waals surface area contributed by atoms with Gasteiger partial charge in [0.05, 0.1) is 12.5 Å². The topological polar surface area (TPSA) is 70.4 Å². The predicted molar refractivity (Wildman–Crippen MR) is 85.3 cm³/mol. The van der Waals surface area contributed by atoms with E-state index in [9.17, 15) is 14.9 Å². The van der Waals surface area contributed by atoms with Gasteiger partial charge in [0.2, 0.25) is 0 Å². The number of benzene rings is 1. The summed E-state index contributed by atoms with van der Waals surface area (Å²) in [4.78, 5) is 25.5. The Balaban J connectivity index is 1.86. The molecule has 0 bridgehead atoms. The molecule has 1 aromatic rings. The number of esters is 1. The molecule has 1 saturated carbocycles. The second kappa shape index (κ2) is 7.77. The van der Waals surface area contributed by atoms with E-state index in [4.69, 9.17) is 4.74 Å². The Morgan fingerprint density at radius 2 is 1.87 bits per heavy atom. The molecule has 1 aliphatic carbocycles. The van der Waals surface area contributed by atoms with Crippen LogP contribution in [0, 0.1) is 11.3 Å². The van der Waals surface area contributed by atoms with Crippen LogP contribution >= 0.6 is 0 Å². The zero-order valence-corrected chi connectivity index (χ0v) is 13.5. The van der Waals surface area contributed by atoms with Gasteiger partial charge < -0.3 is 9.64 Å². The van der Waals surface area contributed by atoms with Crippen molar-refractivity contribution in [1.29, 1.82) is 5.26 Å². The van der Waals surface area contributed by atoms with Gasteiger partial charge in [0.25, 0.3) is 5.91 Å². The fourth-order valence-corrected chi connectivity index (χ4v) is 2.95. The van der Waals surface area contributed by atoms with Gasteiger partial charge in [0, 0.05) is 7.05 Å². The summed E-state index contributed by atoms with van der Waals surface area (Å²) in [6, 6.07) is 11.5. The van der Waals surface area contributed by atoms with Crippen LogP contribution in [0.25, 0.3) is 0 Å². The molecular weight excluding hydrogens is 292 g/mol. The second-order valence-corrected chi connectivity index (χ2v) is 5.98. The van der Waals surface area contributed by atoms with Crippen molar-refractivity contribution < 1.29 is 14.3 Å². The molecule has 0 heterocycles. The summed E-state index contributed by atoms with van der Waals surface area (Å²) in [5.74, 6) is -0.762. The predicted octanol–water partition coefficient (Wildman–Crippen LogP) is 2.46. The molecule has 5 heteroatoms. The third-order valence-electron chi connectivity index (χ3n) is 4.45. The molecule has 0 aliphatic heterocycles. The lowest BCUT2D eigenvalue weighted by atomic mass is 9.81. The van der Waals surface area contributed by atoms with Gasteiger partial charge in [-0.2, -0.15) is 5.26 Å². The van der Waals surface area contributed by atoms with Gasteiger partial charge in [-0.15, -0.1) is 0 Å². The average Bonchev–Trinajstić information content (AvgIpc) is 2.60. The van der Waals surface area contributed by atoms with Gasteiger partial charge in [0.15, 0.2) is 6.61 Å². The number of hydrogen-bond acceptors (Lipinski definition) is 4. The largest absolute Gasteiger partial charge is 0.455 e. The Morgan fingerprint density at radius 3 is 2.48 bits per heavy atom. The van der Waals surface area contributed by atoms with Gasteiger partial charge in [-0.05, 0) is 18.4 Å². The summed E-state index contributed by atoms with van der Waals surface area (Å²) < 4.78 is 5.07. The minimum absolute atomic E-state index is 0.140. The van der Waals surface area contributed by atoms with Crippen molar-refractivity contribution in [2.24, 2.45) is 0 Å². The normalized spacial score (nSPS) is 16.2. The van der Waals surface area contributed by atoms with E-state index in [1.807, 2.05) is 30.3 Å². The average molecular weight is 314 g/mol. The number of nitriles is 1. The monoisotopic (exact) mass is 314 g/mol. The van der Waals surface area contributed by atoms with Crippen LogP contribution in [0.3, 0.4) is 0 Å². The summed E-state index contributed by atoms with van der Waals surface area (Å²) in [5, 5.41) is 9.48. The molecule has 1 aromatic carbocycles. The minimum atomic E-state index is -0.749. The molecule has 2 rings (SSSR count). The van der Waals surface area contributed by atoms with E-state index in [1.54, 1.807) is 7.05 Å². The Bertz CT molecular complexity index is 586. The van der Waals surface area contributed by atoms with E-state index in [0.717, 1.165) is 24.8 Å². The number of nitrogens with zero attached hydrogens (tertiary/aromatic N) is 2. The molecule has 0 radical (unpaired) electrons. The number of ether oxygens (including phenoxy) is 1. The van der Waals surface area contributed by atoms with Crippen LogP contribution in [0.2, 0.25) is 0 Å². The molecule has 0 aromatic heterocycles. The molecule has 1 amide bonds. The molecule has 0 saturated heterocycles. The SMILES string of the molecule is CN(C(=O)COC(=O)Cc1ccccc1)C1(C#N)CCCCC1. The van der Waals surface area contributed by atoms with E-state index in [2.05, 4.69) is 6.07 Å². The molecule has 0 atom stereocenters. The quantitative estimate of drug-likeness (QED) is 0.783. The smallest absolute Gasteiger partial charge is 0.310 e. The van der Waals surface area contributed by atoms with Crippen molar-refractivity contribution in [3.63, 3.8) is 0 Å². The van der Waals surface area contributed by atoms with Crippen LogP contribution in [0.15, 0.2) is 30.3 Å². The van der Waals surface area contributed by atoms with E-state index < -0.39 is 11.5 Å². The van der Waals surface area contributed by atoms with Crippen molar-refractivity contribution in [2.45, 2.75) is 44.1 Å². The summed E-state index contributed by atoms with van der Waals surface area (Å²) in [5.41, 5.74) is 0.0975. The number of rotatable bonds is 5. The Labute approximate surface area is 136 Å². The summed E-state index contributed by atoms with van der Waals surface area (Å²) in [6.45, 7) is -0.314. The molecule has 0 unspecified atom stereocenters. The fourth-order valence-electron chi connectivity index (χ4n) is 2.95. The third kappa shape index (κ3) is 4.32. The van der Waals surface area contributed by atoms with Gasteiger partial charge in [-0.3, -0.25) is 9.59 Å². The Kier molecular flexibility index (Phi) is 5.75. The summed E-state index contributed by atoms with van der Waals surface area (Å²) in [7, 11) is 1.63. The van der Waals surface area contributed by atoms with Crippen molar-refractivity contribution in [3.8, 4) is 6.07 Å². The van der Waals surface area contributed by atoms with Gasteiger partial charge in [-0.1, -0.05) is 49.6 Å². The number of likely N-dealkylation sites (N-methyl/N-ethyl adjacent to an activating group) is 1. The van der Waals surface area contributed by atoms with Crippen LogP contribution in [0.5, 0.6) is 0 Å². The first-order chi connectivity index (χ1) is 11.1. The van der Waals surface area contributed by atoms with E-state index in [-0.39, 0.29) is 18.9 Å². The van der Waals surface area contributed by atoms with Gasteiger partial charge in [0.1, 0.15) is 5.54 Å². The number of amides is 1. The van der Waals surface area contributed by atoms with Gasteiger partial charge >= 0.3 is 5.97 Å². The Morgan fingerprint density at radius 1 is 1.22 bits per heavy atom. The highest BCUT2D eigenvalue weighted by molar-refractivity contribution is 5.82. The maximum absolute atomic E-state index is 12.3. The van der Waals surface area contributed by atoms with Crippen LogP contribution in [0.4, 0.5) is 0 Å². The summed E-state index contributed by atoms with van der Waals surface area (Å²) in [6.07, 6.45) is 4.49. The first-order valence-corrected chi connectivity index (χ1v) is 7.95. The van der Waals surface area contributed by atoms with Crippen molar-refractivity contribution >= 4 is 11.9 Å². The molecule has 1 fully saturated rings. The standard InChI is InChI=1S/C18H22N2O3/c1-20(18(14-19)10-6-3-7-11-18)16(21)13-23-17(22)12-15-8-4-2-5-9-15/h2,4-5,8-9H,3,6-7,10-13H2,1H3. The third-order valence-corrected chi connectivity index (χ3v) is 4.45. The number of hydrogen-bond donors (Lipinski definition) is 0. The van der Waals surface area contributed by atoms with E-state index >= 15 is 0 Å². The summed E-state index contributed by atoms with van der Waals surface area (Å²) >= 11 is 0. The zero-order chi connectivity index (χ0) is 16.7. The maximum atomic E-state index is 12.3. The highest BCUT2D eigenvalue weighted by atomic mass is 16.5. The molecule has 0 N–H and O–H groups in total. The molecule has 23 heavy (non-hydrogen) atoms. The zero-order valence-electron chi connectivity index (χ0n) is 13.5. The second-order valence-electron chi connectivity index (χ2n) is 5.98. The minimum Gasteiger partial charge on any atom is -0.455 e. The van der Waals surface area contributed by atoms with E-state index in [0.29, 0.717) is 12.8 Å². The van der Waals surface area contributed by atoms with Crippen molar-refractivity contribution in [1.82, 2.24) is 4.90 Å². The molecule has 1 aliphatic rings. The molecule has 5 nitrogen and oxygen atoms in total. The van der Waals surface area contributed by atoms with Gasteiger partial charge in [-0.25, -0.2) is 0 Å². The van der Waals surface area contributed by atoms with Crippen LogP contribution in [0.1, 0.15) is 37.7 Å². The lowest BCUT2D eigenvalue weighted by Crippen LogP contribution is -2.51. The van der Waals surface area contributed by atoms with Crippen molar-refractivity contribution in [3.05, 3.63) is 35.9 Å². The first-order valence-electron chi connectivity index (χ1n) is 7.95. The van der Waals surface area contributed by atoms with Crippen molar-refractivity contribution in [2.75, 3.05) is 13.7 Å². The number of carbonyl (C=O) groups is 2. The maximum Gasteiger partial charge on any atom is 0.310 e. The van der Waals surface area contributed by atoms with Crippen LogP contribution in [-0.2, 0) is 20.7 Å². The van der Waals surface area contributed by atoms with Crippen LogP contribution < -0.4 is 0 Å².